The summed E-state index contributed by atoms with van der Waals surface area (Å²) in [4.78, 5) is 15.2. The first kappa shape index (κ1) is 13.8. The molecule has 1 aliphatic rings. The van der Waals surface area contributed by atoms with E-state index in [1.54, 1.807) is 0 Å². The molecule has 0 spiro atoms. The molecule has 0 saturated carbocycles. The molecule has 1 aliphatic heterocycles. The molecule has 2 rings (SSSR count). The lowest BCUT2D eigenvalue weighted by atomic mass is 9.77. The third-order valence-electron chi connectivity index (χ3n) is 3.64. The van der Waals surface area contributed by atoms with E-state index in [4.69, 9.17) is 15.0 Å². The predicted molar refractivity (Wildman–Crippen MR) is 70.1 cm³/mol. The van der Waals surface area contributed by atoms with E-state index in [0.29, 0.717) is 5.46 Å². The van der Waals surface area contributed by atoms with Gasteiger partial charge in [0.2, 0.25) is 0 Å². The molecule has 0 atom stereocenters. The zero-order chi connectivity index (χ0) is 14.4. The molecule has 1 amide bonds. The first-order valence-corrected chi connectivity index (χ1v) is 5.98. The number of hydrogen-bond acceptors (Lipinski definition) is 5. The first-order chi connectivity index (χ1) is 8.64. The van der Waals surface area contributed by atoms with Crippen LogP contribution in [0.15, 0.2) is 12.3 Å². The van der Waals surface area contributed by atoms with Crippen molar-refractivity contribution in [1.29, 1.82) is 0 Å². The fraction of sp³-hybridized carbons (Fsp3) is 0.500. The van der Waals surface area contributed by atoms with E-state index in [2.05, 4.69) is 4.98 Å². The fourth-order valence-electron chi connectivity index (χ4n) is 1.83. The number of primary amides is 1. The number of carbonyl (C=O) groups excluding carboxylic acids is 1. The Morgan fingerprint density at radius 2 is 1.84 bits per heavy atom. The van der Waals surface area contributed by atoms with Crippen LogP contribution in [-0.4, -0.2) is 34.3 Å². The van der Waals surface area contributed by atoms with E-state index in [-0.39, 0.29) is 11.4 Å². The quantitative estimate of drug-likeness (QED) is 0.743. The highest BCUT2D eigenvalue weighted by Gasteiger charge is 2.52. The van der Waals surface area contributed by atoms with Crippen molar-refractivity contribution in [3.05, 3.63) is 18.0 Å². The molecule has 0 bridgehead atoms. The molecule has 0 radical (unpaired) electrons. The fourth-order valence-corrected chi connectivity index (χ4v) is 1.83. The molecule has 1 aromatic rings. The van der Waals surface area contributed by atoms with Gasteiger partial charge in [0.1, 0.15) is 11.4 Å². The minimum absolute atomic E-state index is 0.0382. The third-order valence-corrected chi connectivity index (χ3v) is 3.64. The van der Waals surface area contributed by atoms with Gasteiger partial charge in [-0.3, -0.25) is 4.79 Å². The van der Waals surface area contributed by atoms with Crippen LogP contribution in [0.2, 0.25) is 0 Å². The first-order valence-electron chi connectivity index (χ1n) is 5.98. The summed E-state index contributed by atoms with van der Waals surface area (Å²) in [7, 11) is -0.785. The van der Waals surface area contributed by atoms with Gasteiger partial charge in [-0.15, -0.1) is 0 Å². The van der Waals surface area contributed by atoms with Gasteiger partial charge in [-0.2, -0.15) is 0 Å². The Morgan fingerprint density at radius 3 is 2.32 bits per heavy atom. The second-order valence-electron chi connectivity index (χ2n) is 5.58. The second-order valence-corrected chi connectivity index (χ2v) is 5.58. The van der Waals surface area contributed by atoms with E-state index in [9.17, 15) is 9.90 Å². The van der Waals surface area contributed by atoms with Crippen LogP contribution < -0.4 is 11.2 Å². The number of aromatic hydroxyl groups is 1. The summed E-state index contributed by atoms with van der Waals surface area (Å²) >= 11 is 0. The number of rotatable bonds is 2. The summed E-state index contributed by atoms with van der Waals surface area (Å²) in [5.41, 5.74) is 4.56. The maximum Gasteiger partial charge on any atom is 0.497 e. The number of amides is 1. The Morgan fingerprint density at radius 1 is 1.32 bits per heavy atom. The van der Waals surface area contributed by atoms with Crippen molar-refractivity contribution in [2.24, 2.45) is 5.73 Å². The molecule has 6 nitrogen and oxygen atoms in total. The van der Waals surface area contributed by atoms with Crippen molar-refractivity contribution >= 4 is 18.5 Å². The van der Waals surface area contributed by atoms with Gasteiger partial charge in [0.25, 0.3) is 5.91 Å². The Bertz CT molecular complexity index is 514. The largest absolute Gasteiger partial charge is 0.506 e. The minimum Gasteiger partial charge on any atom is -0.506 e. The Balaban J connectivity index is 2.44. The summed E-state index contributed by atoms with van der Waals surface area (Å²) in [5, 5.41) is 9.51. The molecule has 2 heterocycles. The molecule has 7 heteroatoms. The van der Waals surface area contributed by atoms with Crippen LogP contribution in [0.5, 0.6) is 5.75 Å². The molecular formula is C12H17BN2O4. The van der Waals surface area contributed by atoms with Gasteiger partial charge in [0.05, 0.1) is 17.4 Å². The van der Waals surface area contributed by atoms with E-state index in [1.807, 2.05) is 27.7 Å². The van der Waals surface area contributed by atoms with Gasteiger partial charge < -0.3 is 20.1 Å². The molecule has 0 unspecified atom stereocenters. The molecule has 3 N–H and O–H groups in total. The van der Waals surface area contributed by atoms with Crippen LogP contribution in [0.4, 0.5) is 0 Å². The Kier molecular flexibility index (Phi) is 3.06. The summed E-state index contributed by atoms with van der Waals surface area (Å²) in [5.74, 6) is -0.764. The summed E-state index contributed by atoms with van der Waals surface area (Å²) in [6.07, 6.45) is 1.16. The summed E-state index contributed by atoms with van der Waals surface area (Å²) in [6.45, 7) is 7.58. The molecular weight excluding hydrogens is 247 g/mol. The molecule has 1 fully saturated rings. The van der Waals surface area contributed by atoms with Crippen LogP contribution in [0.25, 0.3) is 0 Å². The molecule has 19 heavy (non-hydrogen) atoms. The summed E-state index contributed by atoms with van der Waals surface area (Å²) < 4.78 is 11.6. The van der Waals surface area contributed by atoms with Crippen LogP contribution in [0.1, 0.15) is 38.2 Å². The molecule has 1 aromatic heterocycles. The van der Waals surface area contributed by atoms with Gasteiger partial charge in [-0.25, -0.2) is 4.98 Å². The highest BCUT2D eigenvalue weighted by Crippen LogP contribution is 2.36. The maximum absolute atomic E-state index is 11.4. The number of aromatic nitrogens is 1. The average molecular weight is 264 g/mol. The smallest absolute Gasteiger partial charge is 0.497 e. The lowest BCUT2D eigenvalue weighted by molar-refractivity contribution is 0.00578. The minimum atomic E-state index is -0.785. The number of hydrogen-bond donors (Lipinski definition) is 2. The lowest BCUT2D eigenvalue weighted by Crippen LogP contribution is -2.41. The lowest BCUT2D eigenvalue weighted by Gasteiger charge is -2.32. The number of nitrogens with zero attached hydrogens (tertiary/aromatic N) is 1. The molecule has 0 aliphatic carbocycles. The van der Waals surface area contributed by atoms with Crippen LogP contribution >= 0.6 is 0 Å². The number of nitrogens with two attached hydrogens (primary N) is 1. The van der Waals surface area contributed by atoms with E-state index >= 15 is 0 Å². The van der Waals surface area contributed by atoms with Crippen molar-refractivity contribution in [1.82, 2.24) is 4.98 Å². The van der Waals surface area contributed by atoms with Gasteiger partial charge in [-0.05, 0) is 33.8 Å². The van der Waals surface area contributed by atoms with Gasteiger partial charge in [0, 0.05) is 5.46 Å². The van der Waals surface area contributed by atoms with Crippen LogP contribution in [0, 0.1) is 0 Å². The van der Waals surface area contributed by atoms with Crippen molar-refractivity contribution < 1.29 is 19.2 Å². The van der Waals surface area contributed by atoms with Gasteiger partial charge in [-0.1, -0.05) is 0 Å². The predicted octanol–water partition coefficient (Wildman–Crippen LogP) is 0.185. The van der Waals surface area contributed by atoms with E-state index < -0.39 is 24.2 Å². The zero-order valence-electron chi connectivity index (χ0n) is 11.4. The highest BCUT2D eigenvalue weighted by molar-refractivity contribution is 6.63. The van der Waals surface area contributed by atoms with Crippen molar-refractivity contribution in [2.45, 2.75) is 38.9 Å². The van der Waals surface area contributed by atoms with Gasteiger partial charge in [0.15, 0.2) is 0 Å². The number of carbonyl (C=O) groups is 1. The second kappa shape index (κ2) is 4.21. The highest BCUT2D eigenvalue weighted by atomic mass is 16.7. The Hall–Kier alpha value is -1.60. The zero-order valence-corrected chi connectivity index (χ0v) is 11.4. The van der Waals surface area contributed by atoms with E-state index in [0.717, 1.165) is 6.20 Å². The normalized spacial score (nSPS) is 20.5. The average Bonchev–Trinajstić information content (AvgIpc) is 2.47. The monoisotopic (exact) mass is 264 g/mol. The van der Waals surface area contributed by atoms with E-state index in [1.165, 1.54) is 6.07 Å². The standard InChI is InChI=1S/C12H17BN2O4/c1-11(2)12(3,4)19-13(18-11)8-5-7(16)6-15-9(8)10(14)17/h5-6,16H,1-4H3,(H2,14,17). The molecule has 1 saturated heterocycles. The Labute approximate surface area is 112 Å². The maximum atomic E-state index is 11.4. The SMILES string of the molecule is CC1(C)OB(c2cc(O)cnc2C(N)=O)OC1(C)C. The van der Waals surface area contributed by atoms with Crippen molar-refractivity contribution in [3.8, 4) is 5.75 Å². The van der Waals surface area contributed by atoms with Gasteiger partial charge >= 0.3 is 7.12 Å². The van der Waals surface area contributed by atoms with Crippen LogP contribution in [0.3, 0.4) is 0 Å². The third kappa shape index (κ3) is 2.31. The molecule has 102 valence electrons. The summed E-state index contributed by atoms with van der Waals surface area (Å²) in [6, 6.07) is 1.38. The molecule has 0 aromatic carbocycles. The van der Waals surface area contributed by atoms with Crippen molar-refractivity contribution in [2.75, 3.05) is 0 Å². The van der Waals surface area contributed by atoms with Crippen LogP contribution in [-0.2, 0) is 9.31 Å². The topological polar surface area (TPSA) is 94.7 Å². The van der Waals surface area contributed by atoms with Crippen molar-refractivity contribution in [3.63, 3.8) is 0 Å². The number of pyridine rings is 1.